The van der Waals surface area contributed by atoms with Crippen LogP contribution in [0.2, 0.25) is 0 Å². The fourth-order valence-electron chi connectivity index (χ4n) is 1.31. The highest BCUT2D eigenvalue weighted by atomic mass is 32.2. The van der Waals surface area contributed by atoms with Gasteiger partial charge in [-0.3, -0.25) is 9.59 Å². The quantitative estimate of drug-likeness (QED) is 0.616. The van der Waals surface area contributed by atoms with Crippen LogP contribution in [0.25, 0.3) is 0 Å². The van der Waals surface area contributed by atoms with Crippen LogP contribution in [0.15, 0.2) is 15.9 Å². The molecule has 1 heterocycles. The number of hydrogen-bond acceptors (Lipinski definition) is 4. The zero-order valence-electron chi connectivity index (χ0n) is 10.1. The summed E-state index contributed by atoms with van der Waals surface area (Å²) in [5, 5.41) is 8.94. The molecule has 1 aromatic heterocycles. The van der Waals surface area contributed by atoms with Crippen molar-refractivity contribution in [3.05, 3.63) is 22.2 Å². The Labute approximate surface area is 104 Å². The van der Waals surface area contributed by atoms with Gasteiger partial charge >= 0.3 is 5.97 Å². The zero-order valence-corrected chi connectivity index (χ0v) is 10.9. The summed E-state index contributed by atoms with van der Waals surface area (Å²) in [5.74, 6) is -0.332. The van der Waals surface area contributed by atoms with Crippen molar-refractivity contribution in [1.29, 1.82) is 0 Å². The Morgan fingerprint density at radius 2 is 2.24 bits per heavy atom. The van der Waals surface area contributed by atoms with Crippen LogP contribution in [0, 0.1) is 5.92 Å². The van der Waals surface area contributed by atoms with Gasteiger partial charge in [0.1, 0.15) is 16.1 Å². The molecular formula is C11H16N2O3S. The Kier molecular flexibility index (Phi) is 4.74. The molecule has 0 aliphatic heterocycles. The standard InChI is InChI=1S/C11H16N2O3S/c1-4-7-12-8(14)5-9(13-7)17-10(6(2)3)11(15)16/h5-6,10H,4H2,1-3H3,(H,15,16)(H,12,13,14). The van der Waals surface area contributed by atoms with Crippen LogP contribution in [0.4, 0.5) is 0 Å². The number of carboxylic acid groups (broad SMARTS) is 1. The largest absolute Gasteiger partial charge is 0.480 e. The van der Waals surface area contributed by atoms with E-state index < -0.39 is 11.2 Å². The molecule has 0 amide bonds. The number of H-pyrrole nitrogens is 1. The van der Waals surface area contributed by atoms with E-state index in [1.165, 1.54) is 6.07 Å². The minimum absolute atomic E-state index is 0.0244. The maximum Gasteiger partial charge on any atom is 0.317 e. The molecule has 0 saturated carbocycles. The first-order chi connectivity index (χ1) is 7.93. The highest BCUT2D eigenvalue weighted by Crippen LogP contribution is 2.26. The fourth-order valence-corrected chi connectivity index (χ4v) is 2.28. The topological polar surface area (TPSA) is 83.0 Å². The van der Waals surface area contributed by atoms with Crippen molar-refractivity contribution < 1.29 is 9.90 Å². The third-order valence-corrected chi connectivity index (χ3v) is 3.65. The molecule has 0 fully saturated rings. The first-order valence-electron chi connectivity index (χ1n) is 5.43. The van der Waals surface area contributed by atoms with Crippen molar-refractivity contribution in [3.8, 4) is 0 Å². The molecule has 1 rings (SSSR count). The third-order valence-electron chi connectivity index (χ3n) is 2.20. The smallest absolute Gasteiger partial charge is 0.317 e. The summed E-state index contributed by atoms with van der Waals surface area (Å²) in [6, 6.07) is 1.34. The lowest BCUT2D eigenvalue weighted by Gasteiger charge is -2.14. The lowest BCUT2D eigenvalue weighted by molar-refractivity contribution is -0.137. The molecule has 1 unspecified atom stereocenters. The average molecular weight is 256 g/mol. The fraction of sp³-hybridized carbons (Fsp3) is 0.545. The summed E-state index contributed by atoms with van der Waals surface area (Å²) in [6.45, 7) is 5.54. The predicted molar refractivity (Wildman–Crippen MR) is 66.4 cm³/mol. The van der Waals surface area contributed by atoms with Crippen molar-refractivity contribution >= 4 is 17.7 Å². The Hall–Kier alpha value is -1.30. The normalized spacial score (nSPS) is 12.7. The summed E-state index contributed by atoms with van der Waals surface area (Å²) >= 11 is 1.12. The number of nitrogens with zero attached hydrogens (tertiary/aromatic N) is 1. The van der Waals surface area contributed by atoms with Gasteiger partial charge in [-0.25, -0.2) is 4.98 Å². The van der Waals surface area contributed by atoms with Crippen LogP contribution in [0.3, 0.4) is 0 Å². The van der Waals surface area contributed by atoms with Gasteiger partial charge in [0.05, 0.1) is 0 Å². The highest BCUT2D eigenvalue weighted by molar-refractivity contribution is 8.00. The molecule has 6 heteroatoms. The minimum atomic E-state index is -0.884. The summed E-state index contributed by atoms with van der Waals surface area (Å²) in [7, 11) is 0. The molecule has 0 aliphatic carbocycles. The Balaban J connectivity index is 2.97. The average Bonchev–Trinajstić information content (AvgIpc) is 2.24. The molecule has 1 aromatic rings. The molecule has 17 heavy (non-hydrogen) atoms. The SMILES string of the molecule is CCc1nc(SC(C(=O)O)C(C)C)cc(=O)[nH]1. The maximum atomic E-state index is 11.3. The number of thioether (sulfide) groups is 1. The van der Waals surface area contributed by atoms with Gasteiger partial charge in [0, 0.05) is 12.5 Å². The van der Waals surface area contributed by atoms with Crippen LogP contribution in [0.1, 0.15) is 26.6 Å². The van der Waals surface area contributed by atoms with E-state index in [0.29, 0.717) is 17.3 Å². The number of carbonyl (C=O) groups is 1. The highest BCUT2D eigenvalue weighted by Gasteiger charge is 2.23. The lowest BCUT2D eigenvalue weighted by Crippen LogP contribution is -2.23. The van der Waals surface area contributed by atoms with Gasteiger partial charge in [-0.1, -0.05) is 32.5 Å². The monoisotopic (exact) mass is 256 g/mol. The Morgan fingerprint density at radius 1 is 1.59 bits per heavy atom. The second kappa shape index (κ2) is 5.86. The first kappa shape index (κ1) is 13.8. The Morgan fingerprint density at radius 3 is 2.71 bits per heavy atom. The summed E-state index contributed by atoms with van der Waals surface area (Å²) in [4.78, 5) is 29.2. The van der Waals surface area contributed by atoms with Gasteiger partial charge in [-0.05, 0) is 5.92 Å². The first-order valence-corrected chi connectivity index (χ1v) is 6.31. The molecule has 94 valence electrons. The number of aryl methyl sites for hydroxylation is 1. The number of nitrogens with one attached hydrogen (secondary N) is 1. The van der Waals surface area contributed by atoms with Gasteiger partial charge in [-0.2, -0.15) is 0 Å². The second-order valence-electron chi connectivity index (χ2n) is 4.00. The summed E-state index contributed by atoms with van der Waals surface area (Å²) < 4.78 is 0. The molecule has 5 nitrogen and oxygen atoms in total. The summed E-state index contributed by atoms with van der Waals surface area (Å²) in [5.41, 5.74) is -0.243. The lowest BCUT2D eigenvalue weighted by atomic mass is 10.1. The van der Waals surface area contributed by atoms with Crippen molar-refractivity contribution in [3.63, 3.8) is 0 Å². The van der Waals surface area contributed by atoms with E-state index in [1.54, 1.807) is 0 Å². The number of aromatic nitrogens is 2. The van der Waals surface area contributed by atoms with Crippen molar-refractivity contribution in [2.75, 3.05) is 0 Å². The van der Waals surface area contributed by atoms with Crippen LogP contribution in [-0.2, 0) is 11.2 Å². The van der Waals surface area contributed by atoms with E-state index in [2.05, 4.69) is 9.97 Å². The van der Waals surface area contributed by atoms with Gasteiger partial charge in [0.15, 0.2) is 0 Å². The minimum Gasteiger partial charge on any atom is -0.480 e. The maximum absolute atomic E-state index is 11.3. The van der Waals surface area contributed by atoms with E-state index in [1.807, 2.05) is 20.8 Å². The molecule has 0 aliphatic rings. The van der Waals surface area contributed by atoms with Crippen molar-refractivity contribution in [1.82, 2.24) is 9.97 Å². The van der Waals surface area contributed by atoms with Crippen LogP contribution in [-0.4, -0.2) is 26.3 Å². The van der Waals surface area contributed by atoms with Crippen LogP contribution >= 0.6 is 11.8 Å². The Bertz CT molecular complexity index is 456. The van der Waals surface area contributed by atoms with Gasteiger partial charge < -0.3 is 10.1 Å². The number of hydrogen-bond donors (Lipinski definition) is 2. The number of aliphatic carboxylic acids is 1. The van der Waals surface area contributed by atoms with E-state index in [-0.39, 0.29) is 11.5 Å². The zero-order chi connectivity index (χ0) is 13.0. The second-order valence-corrected chi connectivity index (χ2v) is 5.17. The van der Waals surface area contributed by atoms with Gasteiger partial charge in [-0.15, -0.1) is 0 Å². The third kappa shape index (κ3) is 3.89. The summed E-state index contributed by atoms with van der Waals surface area (Å²) in [6.07, 6.45) is 0.614. The van der Waals surface area contributed by atoms with Crippen molar-refractivity contribution in [2.45, 2.75) is 37.5 Å². The molecule has 1 atom stereocenters. The van der Waals surface area contributed by atoms with Gasteiger partial charge in [0.25, 0.3) is 5.56 Å². The van der Waals surface area contributed by atoms with Gasteiger partial charge in [0.2, 0.25) is 0 Å². The molecule has 0 bridgehead atoms. The molecule has 0 aromatic carbocycles. The van der Waals surface area contributed by atoms with Crippen molar-refractivity contribution in [2.24, 2.45) is 5.92 Å². The van der Waals surface area contributed by atoms with Crippen LogP contribution in [0.5, 0.6) is 0 Å². The predicted octanol–water partition coefficient (Wildman–Crippen LogP) is 1.53. The van der Waals surface area contributed by atoms with E-state index in [4.69, 9.17) is 5.11 Å². The number of rotatable bonds is 5. The number of carboxylic acids is 1. The molecule has 0 saturated heterocycles. The van der Waals surface area contributed by atoms with E-state index in [0.717, 1.165) is 11.8 Å². The molecule has 0 radical (unpaired) electrons. The molecule has 2 N–H and O–H groups in total. The van der Waals surface area contributed by atoms with E-state index >= 15 is 0 Å². The van der Waals surface area contributed by atoms with E-state index in [9.17, 15) is 9.59 Å². The molecule has 0 spiro atoms. The van der Waals surface area contributed by atoms with Crippen LogP contribution < -0.4 is 5.56 Å². The number of aromatic amines is 1. The molecular weight excluding hydrogens is 240 g/mol.